The third-order valence-electron chi connectivity index (χ3n) is 5.40. The van der Waals surface area contributed by atoms with Crippen LogP contribution in [0.2, 0.25) is 0 Å². The van der Waals surface area contributed by atoms with Gasteiger partial charge in [0.05, 0.1) is 0 Å². The molecule has 1 fully saturated rings. The SMILES string of the molecule is CC(C)(C)c1ccc(NC(=O)NCCC2CCCCN2S(=O)(=O)c2cccs2)cc1. The number of anilines is 1. The molecular formula is C22H31N3O3S2. The van der Waals surface area contributed by atoms with Crippen LogP contribution in [0.25, 0.3) is 0 Å². The topological polar surface area (TPSA) is 78.5 Å². The maximum Gasteiger partial charge on any atom is 0.319 e. The quantitative estimate of drug-likeness (QED) is 0.665. The lowest BCUT2D eigenvalue weighted by Gasteiger charge is -2.34. The summed E-state index contributed by atoms with van der Waals surface area (Å²) in [6.07, 6.45) is 3.30. The summed E-state index contributed by atoms with van der Waals surface area (Å²) >= 11 is 1.25. The smallest absolute Gasteiger partial charge is 0.319 e. The summed E-state index contributed by atoms with van der Waals surface area (Å²) in [4.78, 5) is 12.2. The molecule has 30 heavy (non-hydrogen) atoms. The minimum absolute atomic E-state index is 0.0656. The maximum absolute atomic E-state index is 12.9. The molecular weight excluding hydrogens is 418 g/mol. The van der Waals surface area contributed by atoms with E-state index in [1.807, 2.05) is 24.3 Å². The van der Waals surface area contributed by atoms with E-state index in [1.165, 1.54) is 16.9 Å². The number of urea groups is 1. The molecule has 0 bridgehead atoms. The number of piperidine rings is 1. The van der Waals surface area contributed by atoms with Crippen LogP contribution < -0.4 is 10.6 Å². The molecule has 1 unspecified atom stereocenters. The highest BCUT2D eigenvalue weighted by molar-refractivity contribution is 7.91. The largest absolute Gasteiger partial charge is 0.338 e. The number of thiophene rings is 1. The average molecular weight is 450 g/mol. The summed E-state index contributed by atoms with van der Waals surface area (Å²) < 4.78 is 27.9. The molecule has 1 atom stereocenters. The van der Waals surface area contributed by atoms with Crippen molar-refractivity contribution < 1.29 is 13.2 Å². The van der Waals surface area contributed by atoms with E-state index >= 15 is 0 Å². The first kappa shape index (κ1) is 22.8. The van der Waals surface area contributed by atoms with E-state index < -0.39 is 10.0 Å². The first-order chi connectivity index (χ1) is 14.2. The van der Waals surface area contributed by atoms with Crippen LogP contribution in [-0.4, -0.2) is 37.9 Å². The van der Waals surface area contributed by atoms with Gasteiger partial charge >= 0.3 is 6.03 Å². The standard InChI is InChI=1S/C22H31N3O3S2/c1-22(2,3)17-9-11-18(12-10-17)24-21(26)23-14-13-19-7-4-5-15-25(19)30(27,28)20-8-6-16-29-20/h6,8-12,16,19H,4-5,7,13-15H2,1-3H3,(H2,23,24,26). The molecule has 1 aliphatic rings. The lowest BCUT2D eigenvalue weighted by molar-refractivity contribution is 0.234. The molecule has 1 aromatic heterocycles. The minimum atomic E-state index is -3.46. The van der Waals surface area contributed by atoms with Gasteiger partial charge in [0.15, 0.2) is 0 Å². The molecule has 2 aromatic rings. The molecule has 1 aromatic carbocycles. The van der Waals surface area contributed by atoms with E-state index in [9.17, 15) is 13.2 Å². The second-order valence-corrected chi connectivity index (χ2v) is 11.8. The summed E-state index contributed by atoms with van der Waals surface area (Å²) in [6, 6.07) is 10.9. The van der Waals surface area contributed by atoms with E-state index in [1.54, 1.807) is 21.8 Å². The summed E-state index contributed by atoms with van der Waals surface area (Å²) in [5.41, 5.74) is 2.01. The van der Waals surface area contributed by atoms with E-state index in [2.05, 4.69) is 31.4 Å². The molecule has 6 nitrogen and oxygen atoms in total. The average Bonchev–Trinajstić information content (AvgIpc) is 3.24. The van der Waals surface area contributed by atoms with Crippen LogP contribution in [0.1, 0.15) is 52.0 Å². The first-order valence-corrected chi connectivity index (χ1v) is 12.7. The van der Waals surface area contributed by atoms with Crippen molar-refractivity contribution in [3.63, 3.8) is 0 Å². The number of benzene rings is 1. The third-order valence-corrected chi connectivity index (χ3v) is 8.73. The Labute approximate surface area is 183 Å². The zero-order valence-corrected chi connectivity index (χ0v) is 19.5. The number of carbonyl (C=O) groups is 1. The Morgan fingerprint density at radius 3 is 2.53 bits per heavy atom. The zero-order chi connectivity index (χ0) is 21.8. The van der Waals surface area contributed by atoms with Gasteiger partial charge in [0.25, 0.3) is 10.0 Å². The lowest BCUT2D eigenvalue weighted by Crippen LogP contribution is -2.45. The highest BCUT2D eigenvalue weighted by Gasteiger charge is 2.33. The van der Waals surface area contributed by atoms with Gasteiger partial charge in [-0.2, -0.15) is 4.31 Å². The Kier molecular flexibility index (Phi) is 7.21. The summed E-state index contributed by atoms with van der Waals surface area (Å²) in [5, 5.41) is 7.49. The second-order valence-electron chi connectivity index (χ2n) is 8.69. The van der Waals surface area contributed by atoms with Gasteiger partial charge in [-0.25, -0.2) is 13.2 Å². The van der Waals surface area contributed by atoms with E-state index in [4.69, 9.17) is 0 Å². The van der Waals surface area contributed by atoms with Crippen LogP contribution in [0.4, 0.5) is 10.5 Å². The second kappa shape index (κ2) is 9.49. The molecule has 1 aliphatic heterocycles. The van der Waals surface area contributed by atoms with Crippen molar-refractivity contribution >= 4 is 33.1 Å². The monoisotopic (exact) mass is 449 g/mol. The Balaban J connectivity index is 1.52. The number of sulfonamides is 1. The fraction of sp³-hybridized carbons (Fsp3) is 0.500. The molecule has 164 valence electrons. The summed E-state index contributed by atoms with van der Waals surface area (Å²) in [5.74, 6) is 0. The number of nitrogens with zero attached hydrogens (tertiary/aromatic N) is 1. The van der Waals surface area contributed by atoms with Crippen LogP contribution >= 0.6 is 11.3 Å². The number of carbonyl (C=O) groups excluding carboxylic acids is 1. The molecule has 2 N–H and O–H groups in total. The van der Waals surface area contributed by atoms with Crippen molar-refractivity contribution in [2.24, 2.45) is 0 Å². The predicted molar refractivity (Wildman–Crippen MR) is 123 cm³/mol. The van der Waals surface area contributed by atoms with Crippen LogP contribution in [0, 0.1) is 0 Å². The van der Waals surface area contributed by atoms with Crippen molar-refractivity contribution in [1.82, 2.24) is 9.62 Å². The maximum atomic E-state index is 12.9. The molecule has 0 aliphatic carbocycles. The van der Waals surface area contributed by atoms with Gasteiger partial charge in [-0.3, -0.25) is 0 Å². The first-order valence-electron chi connectivity index (χ1n) is 10.4. The Bertz CT molecular complexity index is 933. The Hall–Kier alpha value is -1.90. The molecule has 0 radical (unpaired) electrons. The van der Waals surface area contributed by atoms with E-state index in [-0.39, 0.29) is 17.5 Å². The van der Waals surface area contributed by atoms with Crippen LogP contribution in [0.15, 0.2) is 46.0 Å². The molecule has 0 saturated carbocycles. The van der Waals surface area contributed by atoms with Crippen molar-refractivity contribution in [1.29, 1.82) is 0 Å². The summed E-state index contributed by atoms with van der Waals surface area (Å²) in [7, 11) is -3.46. The predicted octanol–water partition coefficient (Wildman–Crippen LogP) is 4.80. The fourth-order valence-corrected chi connectivity index (χ4v) is 6.53. The number of rotatable bonds is 6. The van der Waals surface area contributed by atoms with Crippen LogP contribution in [0.3, 0.4) is 0 Å². The molecule has 3 rings (SSSR count). The zero-order valence-electron chi connectivity index (χ0n) is 17.8. The van der Waals surface area contributed by atoms with Crippen LogP contribution in [0.5, 0.6) is 0 Å². The van der Waals surface area contributed by atoms with Gasteiger partial charge in [0, 0.05) is 24.8 Å². The number of nitrogens with one attached hydrogen (secondary N) is 2. The van der Waals surface area contributed by atoms with Gasteiger partial charge in [-0.15, -0.1) is 11.3 Å². The molecule has 2 heterocycles. The molecule has 0 spiro atoms. The van der Waals surface area contributed by atoms with Gasteiger partial charge < -0.3 is 10.6 Å². The fourth-order valence-electron chi connectivity index (χ4n) is 3.69. The van der Waals surface area contributed by atoms with Crippen molar-refractivity contribution in [2.45, 2.75) is 62.1 Å². The minimum Gasteiger partial charge on any atom is -0.338 e. The van der Waals surface area contributed by atoms with Crippen molar-refractivity contribution in [3.05, 3.63) is 47.3 Å². The molecule has 1 saturated heterocycles. The lowest BCUT2D eigenvalue weighted by atomic mass is 9.87. The Morgan fingerprint density at radius 2 is 1.90 bits per heavy atom. The highest BCUT2D eigenvalue weighted by Crippen LogP contribution is 2.29. The van der Waals surface area contributed by atoms with Gasteiger partial charge in [-0.1, -0.05) is 45.4 Å². The Morgan fingerprint density at radius 1 is 1.17 bits per heavy atom. The number of amides is 2. The van der Waals surface area contributed by atoms with Gasteiger partial charge in [0.1, 0.15) is 4.21 Å². The van der Waals surface area contributed by atoms with E-state index in [0.29, 0.717) is 23.7 Å². The van der Waals surface area contributed by atoms with Gasteiger partial charge in [-0.05, 0) is 53.8 Å². The van der Waals surface area contributed by atoms with Crippen molar-refractivity contribution in [2.75, 3.05) is 18.4 Å². The normalized spacial score (nSPS) is 18.2. The molecule has 2 amide bonds. The van der Waals surface area contributed by atoms with Crippen molar-refractivity contribution in [3.8, 4) is 0 Å². The highest BCUT2D eigenvalue weighted by atomic mass is 32.2. The summed E-state index contributed by atoms with van der Waals surface area (Å²) in [6.45, 7) is 7.41. The third kappa shape index (κ3) is 5.62. The molecule has 8 heteroatoms. The van der Waals surface area contributed by atoms with Crippen LogP contribution in [-0.2, 0) is 15.4 Å². The van der Waals surface area contributed by atoms with Gasteiger partial charge in [0.2, 0.25) is 0 Å². The van der Waals surface area contributed by atoms with E-state index in [0.717, 1.165) is 24.9 Å². The number of hydrogen-bond donors (Lipinski definition) is 2. The number of hydrogen-bond acceptors (Lipinski definition) is 4.